The first-order valence-electron chi connectivity index (χ1n) is 6.71. The maximum Gasteiger partial charge on any atom is 0.338 e. The summed E-state index contributed by atoms with van der Waals surface area (Å²) in [6, 6.07) is 7.87. The van der Waals surface area contributed by atoms with Crippen LogP contribution in [0.3, 0.4) is 0 Å². The normalized spacial score (nSPS) is 11.4. The van der Waals surface area contributed by atoms with E-state index in [-0.39, 0.29) is 16.2 Å². The number of hydrogen-bond acceptors (Lipinski definition) is 4. The summed E-state index contributed by atoms with van der Waals surface area (Å²) in [7, 11) is -2.46. The Hall–Kier alpha value is -0.890. The molecule has 24 heavy (non-hydrogen) atoms. The van der Waals surface area contributed by atoms with E-state index in [0.29, 0.717) is 25.1 Å². The van der Waals surface area contributed by atoms with Gasteiger partial charge in [-0.05, 0) is 64.3 Å². The number of ether oxygens (including phenoxy) is 1. The average molecular weight is 497 g/mol. The molecule has 0 aliphatic rings. The zero-order valence-corrected chi connectivity index (χ0v) is 17.5. The number of aryl methyl sites for hydroxylation is 1. The van der Waals surface area contributed by atoms with Gasteiger partial charge in [0.1, 0.15) is 0 Å². The van der Waals surface area contributed by atoms with E-state index < -0.39 is 15.8 Å². The zero-order valence-electron chi connectivity index (χ0n) is 12.8. The Kier molecular flexibility index (Phi) is 6.12. The molecular formula is C16H13Br2ClO4S. The molecular weight excluding hydrogens is 484 g/mol. The van der Waals surface area contributed by atoms with Crippen LogP contribution < -0.4 is 0 Å². The van der Waals surface area contributed by atoms with E-state index >= 15 is 0 Å². The number of methoxy groups -OCH3 is 1. The Balaban J connectivity index is 2.53. The lowest BCUT2D eigenvalue weighted by atomic mass is 10.1. The third kappa shape index (κ3) is 4.20. The van der Waals surface area contributed by atoms with Gasteiger partial charge in [-0.3, -0.25) is 0 Å². The maximum absolute atomic E-state index is 12.8. The molecule has 0 saturated carbocycles. The van der Waals surface area contributed by atoms with E-state index in [4.69, 9.17) is 16.3 Å². The second-order valence-corrected chi connectivity index (χ2v) is 9.19. The van der Waals surface area contributed by atoms with E-state index in [1.807, 2.05) is 0 Å². The fourth-order valence-corrected chi connectivity index (χ4v) is 5.58. The molecule has 0 N–H and O–H groups in total. The van der Waals surface area contributed by atoms with Gasteiger partial charge in [-0.15, -0.1) is 0 Å². The van der Waals surface area contributed by atoms with Gasteiger partial charge < -0.3 is 4.74 Å². The van der Waals surface area contributed by atoms with Crippen LogP contribution in [-0.2, 0) is 20.3 Å². The van der Waals surface area contributed by atoms with Gasteiger partial charge in [0.05, 0.1) is 23.3 Å². The van der Waals surface area contributed by atoms with Crippen LogP contribution in [0.15, 0.2) is 44.2 Å². The summed E-state index contributed by atoms with van der Waals surface area (Å²) in [6.45, 7) is 1.71. The molecule has 0 heterocycles. The first-order chi connectivity index (χ1) is 11.2. The largest absolute Gasteiger partial charge is 0.465 e. The summed E-state index contributed by atoms with van der Waals surface area (Å²) in [6.07, 6.45) is 0. The minimum Gasteiger partial charge on any atom is -0.465 e. The molecule has 0 amide bonds. The van der Waals surface area contributed by atoms with Gasteiger partial charge in [-0.1, -0.05) is 27.5 Å². The van der Waals surface area contributed by atoms with Crippen LogP contribution in [0.5, 0.6) is 0 Å². The van der Waals surface area contributed by atoms with Crippen molar-refractivity contribution in [3.05, 3.63) is 61.0 Å². The highest BCUT2D eigenvalue weighted by atomic mass is 79.9. The van der Waals surface area contributed by atoms with Gasteiger partial charge in [-0.25, -0.2) is 13.2 Å². The van der Waals surface area contributed by atoms with Crippen molar-refractivity contribution in [2.45, 2.75) is 17.6 Å². The Morgan fingerprint density at radius 3 is 2.46 bits per heavy atom. The van der Waals surface area contributed by atoms with Gasteiger partial charge in [0.15, 0.2) is 9.84 Å². The highest BCUT2D eigenvalue weighted by molar-refractivity contribution is 9.10. The highest BCUT2D eigenvalue weighted by Gasteiger charge is 2.23. The quantitative estimate of drug-likeness (QED) is 0.563. The van der Waals surface area contributed by atoms with Crippen LogP contribution in [-0.4, -0.2) is 21.5 Å². The predicted molar refractivity (Wildman–Crippen MR) is 100 cm³/mol. The van der Waals surface area contributed by atoms with Gasteiger partial charge >= 0.3 is 5.97 Å². The average Bonchev–Trinajstić information content (AvgIpc) is 2.49. The minimum atomic E-state index is -3.71. The first kappa shape index (κ1) is 19.4. The predicted octanol–water partition coefficient (Wildman–Crippen LogP) is 4.93. The molecule has 0 radical (unpaired) electrons. The van der Waals surface area contributed by atoms with E-state index in [1.54, 1.807) is 31.2 Å². The topological polar surface area (TPSA) is 60.4 Å². The molecule has 0 fully saturated rings. The number of carbonyl (C=O) groups excluding carboxylic acids is 1. The van der Waals surface area contributed by atoms with Crippen molar-refractivity contribution in [3.63, 3.8) is 0 Å². The molecule has 0 bridgehead atoms. The molecule has 2 rings (SSSR count). The number of esters is 1. The standard InChI is InChI=1S/C16H13Br2ClO4S/c1-9-5-14(18)15(7-12(9)16(20)23-2)24(21,22)8-10-6-11(19)3-4-13(10)17/h3-7H,8H2,1-2H3. The Morgan fingerprint density at radius 1 is 1.17 bits per heavy atom. The number of rotatable bonds is 4. The number of benzene rings is 2. The van der Waals surface area contributed by atoms with Crippen LogP contribution in [0.2, 0.25) is 5.02 Å². The van der Waals surface area contributed by atoms with Gasteiger partial charge in [0, 0.05) is 14.0 Å². The lowest BCUT2D eigenvalue weighted by Gasteiger charge is -2.12. The third-order valence-corrected chi connectivity index (χ3v) is 7.00. The molecule has 2 aromatic rings. The van der Waals surface area contributed by atoms with Crippen molar-refractivity contribution in [1.82, 2.24) is 0 Å². The fraction of sp³-hybridized carbons (Fsp3) is 0.188. The first-order valence-corrected chi connectivity index (χ1v) is 10.3. The van der Waals surface area contributed by atoms with Crippen molar-refractivity contribution in [1.29, 1.82) is 0 Å². The Morgan fingerprint density at radius 2 is 1.83 bits per heavy atom. The number of hydrogen-bond donors (Lipinski definition) is 0. The Labute approximate surface area is 162 Å². The third-order valence-electron chi connectivity index (χ3n) is 3.37. The van der Waals surface area contributed by atoms with Crippen LogP contribution in [0.25, 0.3) is 0 Å². The smallest absolute Gasteiger partial charge is 0.338 e. The number of sulfone groups is 1. The Bertz CT molecular complexity index is 911. The van der Waals surface area contributed by atoms with Crippen molar-refractivity contribution in [2.75, 3.05) is 7.11 Å². The SMILES string of the molecule is COC(=O)c1cc(S(=O)(=O)Cc2cc(Cl)ccc2Br)c(Br)cc1C. The van der Waals surface area contributed by atoms with Gasteiger partial charge in [-0.2, -0.15) is 0 Å². The molecule has 0 aliphatic carbocycles. The highest BCUT2D eigenvalue weighted by Crippen LogP contribution is 2.31. The molecule has 0 aliphatic heterocycles. The second-order valence-electron chi connectivity index (χ2n) is 5.08. The summed E-state index contributed by atoms with van der Waals surface area (Å²) >= 11 is 12.5. The lowest BCUT2D eigenvalue weighted by molar-refractivity contribution is 0.0599. The van der Waals surface area contributed by atoms with Crippen molar-refractivity contribution >= 4 is 59.3 Å². The number of carbonyl (C=O) groups is 1. The minimum absolute atomic E-state index is 0.0281. The summed E-state index contributed by atoms with van der Waals surface area (Å²) in [5, 5.41) is 0.446. The summed E-state index contributed by atoms with van der Waals surface area (Å²) in [5.41, 5.74) is 1.37. The number of halogens is 3. The monoisotopic (exact) mass is 494 g/mol. The molecule has 0 aromatic heterocycles. The van der Waals surface area contributed by atoms with Gasteiger partial charge in [0.25, 0.3) is 0 Å². The molecule has 0 atom stereocenters. The van der Waals surface area contributed by atoms with E-state index in [0.717, 1.165) is 0 Å². The lowest BCUT2D eigenvalue weighted by Crippen LogP contribution is -2.10. The second kappa shape index (κ2) is 7.56. The molecule has 8 heteroatoms. The van der Waals surface area contributed by atoms with Crippen molar-refractivity contribution < 1.29 is 17.9 Å². The van der Waals surface area contributed by atoms with E-state index in [1.165, 1.54) is 13.2 Å². The van der Waals surface area contributed by atoms with Crippen LogP contribution in [0, 0.1) is 6.92 Å². The molecule has 0 saturated heterocycles. The molecule has 128 valence electrons. The van der Waals surface area contributed by atoms with Crippen LogP contribution in [0.1, 0.15) is 21.5 Å². The fourth-order valence-electron chi connectivity index (χ4n) is 2.16. The maximum atomic E-state index is 12.8. The van der Waals surface area contributed by atoms with E-state index in [2.05, 4.69) is 31.9 Å². The summed E-state index contributed by atoms with van der Waals surface area (Å²) < 4.78 is 31.4. The van der Waals surface area contributed by atoms with Crippen molar-refractivity contribution in [3.8, 4) is 0 Å². The molecule has 2 aromatic carbocycles. The zero-order chi connectivity index (χ0) is 18.1. The molecule has 0 unspecified atom stereocenters. The molecule has 0 spiro atoms. The van der Waals surface area contributed by atoms with Crippen LogP contribution >= 0.6 is 43.5 Å². The van der Waals surface area contributed by atoms with Crippen molar-refractivity contribution in [2.24, 2.45) is 0 Å². The van der Waals surface area contributed by atoms with Gasteiger partial charge in [0.2, 0.25) is 0 Å². The summed E-state index contributed by atoms with van der Waals surface area (Å²) in [4.78, 5) is 11.9. The van der Waals surface area contributed by atoms with Crippen LogP contribution in [0.4, 0.5) is 0 Å². The summed E-state index contributed by atoms with van der Waals surface area (Å²) in [5.74, 6) is -0.837. The van der Waals surface area contributed by atoms with E-state index in [9.17, 15) is 13.2 Å². The molecule has 4 nitrogen and oxygen atoms in total.